The number of nitrogens with zero attached hydrogens (tertiary/aromatic N) is 1. The Bertz CT molecular complexity index is 246. The van der Waals surface area contributed by atoms with Gasteiger partial charge in [0.15, 0.2) is 0 Å². The molecule has 5 nitrogen and oxygen atoms in total. The van der Waals surface area contributed by atoms with Crippen LogP contribution in [0, 0.1) is 5.92 Å². The van der Waals surface area contributed by atoms with Crippen LogP contribution < -0.4 is 5.32 Å². The van der Waals surface area contributed by atoms with E-state index < -0.39 is 0 Å². The molecule has 1 fully saturated rings. The molecule has 1 atom stereocenters. The van der Waals surface area contributed by atoms with Crippen molar-refractivity contribution < 1.29 is 14.3 Å². The molecule has 0 spiro atoms. The summed E-state index contributed by atoms with van der Waals surface area (Å²) in [7, 11) is 1.62. The molecule has 5 heteroatoms. The van der Waals surface area contributed by atoms with Crippen LogP contribution in [0.4, 0.5) is 0 Å². The zero-order valence-corrected chi connectivity index (χ0v) is 9.99. The molecule has 1 rings (SSSR count). The molecule has 1 unspecified atom stereocenters. The van der Waals surface area contributed by atoms with E-state index in [-0.39, 0.29) is 17.7 Å². The summed E-state index contributed by atoms with van der Waals surface area (Å²) in [5.41, 5.74) is 0. The first-order valence-corrected chi connectivity index (χ1v) is 5.73. The van der Waals surface area contributed by atoms with Gasteiger partial charge in [0.25, 0.3) is 0 Å². The molecular formula is C11H20N2O3. The van der Waals surface area contributed by atoms with Crippen LogP contribution in [-0.2, 0) is 14.3 Å². The standard InChI is InChI=1S/C11H20N2O3/c1-3-13(6-7-16-2)11(15)9-4-5-10(14)12-8-9/h9H,3-8H2,1-2H3,(H,12,14). The van der Waals surface area contributed by atoms with Crippen molar-refractivity contribution >= 4 is 11.8 Å². The molecule has 0 aromatic carbocycles. The minimum atomic E-state index is -0.0606. The number of carbonyl (C=O) groups is 2. The predicted octanol–water partition coefficient (Wildman–Crippen LogP) is 0.00750. The zero-order chi connectivity index (χ0) is 12.0. The maximum Gasteiger partial charge on any atom is 0.227 e. The van der Waals surface area contributed by atoms with E-state index in [1.165, 1.54) is 0 Å². The van der Waals surface area contributed by atoms with Gasteiger partial charge in [-0.25, -0.2) is 0 Å². The van der Waals surface area contributed by atoms with Crippen LogP contribution in [0.15, 0.2) is 0 Å². The van der Waals surface area contributed by atoms with Crippen molar-refractivity contribution in [2.75, 3.05) is 33.4 Å². The molecule has 2 amide bonds. The predicted molar refractivity (Wildman–Crippen MR) is 59.9 cm³/mol. The van der Waals surface area contributed by atoms with Crippen molar-refractivity contribution in [2.24, 2.45) is 5.92 Å². The monoisotopic (exact) mass is 228 g/mol. The van der Waals surface area contributed by atoms with Crippen molar-refractivity contribution in [3.05, 3.63) is 0 Å². The second-order valence-corrected chi connectivity index (χ2v) is 3.95. The van der Waals surface area contributed by atoms with Gasteiger partial charge >= 0.3 is 0 Å². The highest BCUT2D eigenvalue weighted by Crippen LogP contribution is 2.13. The summed E-state index contributed by atoms with van der Waals surface area (Å²) in [6.07, 6.45) is 1.12. The molecule has 0 aromatic rings. The number of hydrogen-bond donors (Lipinski definition) is 1. The summed E-state index contributed by atoms with van der Waals surface area (Å²) < 4.78 is 4.97. The van der Waals surface area contributed by atoms with Crippen molar-refractivity contribution in [1.82, 2.24) is 10.2 Å². The topological polar surface area (TPSA) is 58.6 Å². The summed E-state index contributed by atoms with van der Waals surface area (Å²) in [4.78, 5) is 24.8. The van der Waals surface area contributed by atoms with Gasteiger partial charge < -0.3 is 15.0 Å². The third-order valence-electron chi connectivity index (χ3n) is 2.87. The summed E-state index contributed by atoms with van der Waals surface area (Å²) in [6, 6.07) is 0. The van der Waals surface area contributed by atoms with Gasteiger partial charge in [0, 0.05) is 33.2 Å². The largest absolute Gasteiger partial charge is 0.383 e. The quantitative estimate of drug-likeness (QED) is 0.721. The number of nitrogens with one attached hydrogen (secondary N) is 1. The van der Waals surface area contributed by atoms with Crippen LogP contribution in [-0.4, -0.2) is 50.1 Å². The Morgan fingerprint density at radius 3 is 2.88 bits per heavy atom. The van der Waals surface area contributed by atoms with Gasteiger partial charge in [-0.05, 0) is 13.3 Å². The lowest BCUT2D eigenvalue weighted by atomic mass is 9.97. The molecule has 1 saturated heterocycles. The molecule has 1 heterocycles. The van der Waals surface area contributed by atoms with Crippen LogP contribution in [0.25, 0.3) is 0 Å². The van der Waals surface area contributed by atoms with E-state index >= 15 is 0 Å². The summed E-state index contributed by atoms with van der Waals surface area (Å²) >= 11 is 0. The van der Waals surface area contributed by atoms with Crippen LogP contribution in [0.2, 0.25) is 0 Å². The fourth-order valence-electron chi connectivity index (χ4n) is 1.83. The van der Waals surface area contributed by atoms with Gasteiger partial charge in [0.1, 0.15) is 0 Å². The van der Waals surface area contributed by atoms with Gasteiger partial charge in [-0.1, -0.05) is 0 Å². The number of hydrogen-bond acceptors (Lipinski definition) is 3. The number of rotatable bonds is 5. The molecule has 0 radical (unpaired) electrons. The third-order valence-corrected chi connectivity index (χ3v) is 2.87. The number of methoxy groups -OCH3 is 1. The molecule has 16 heavy (non-hydrogen) atoms. The van der Waals surface area contributed by atoms with E-state index in [1.54, 1.807) is 12.0 Å². The van der Waals surface area contributed by atoms with E-state index in [0.29, 0.717) is 39.1 Å². The number of amides is 2. The number of likely N-dealkylation sites (N-methyl/N-ethyl adjacent to an activating group) is 1. The molecule has 1 N–H and O–H groups in total. The van der Waals surface area contributed by atoms with Crippen LogP contribution in [0.5, 0.6) is 0 Å². The van der Waals surface area contributed by atoms with Crippen LogP contribution in [0.1, 0.15) is 19.8 Å². The average molecular weight is 228 g/mol. The minimum Gasteiger partial charge on any atom is -0.383 e. The fraction of sp³-hybridized carbons (Fsp3) is 0.818. The third kappa shape index (κ3) is 3.48. The molecule has 1 aliphatic heterocycles. The maximum absolute atomic E-state index is 12.1. The van der Waals surface area contributed by atoms with Crippen LogP contribution in [0.3, 0.4) is 0 Å². The molecule has 0 bridgehead atoms. The Morgan fingerprint density at radius 1 is 1.62 bits per heavy atom. The average Bonchev–Trinajstić information content (AvgIpc) is 2.30. The van der Waals surface area contributed by atoms with Gasteiger partial charge in [-0.2, -0.15) is 0 Å². The lowest BCUT2D eigenvalue weighted by Gasteiger charge is -2.28. The summed E-state index contributed by atoms with van der Waals surface area (Å²) in [5.74, 6) is 0.109. The highest BCUT2D eigenvalue weighted by molar-refractivity contribution is 5.83. The molecule has 0 aromatic heterocycles. The minimum absolute atomic E-state index is 0.0454. The Hall–Kier alpha value is -1.10. The zero-order valence-electron chi connectivity index (χ0n) is 9.99. The fourth-order valence-corrected chi connectivity index (χ4v) is 1.83. The van der Waals surface area contributed by atoms with Crippen molar-refractivity contribution in [2.45, 2.75) is 19.8 Å². The van der Waals surface area contributed by atoms with Gasteiger partial charge in [-0.3, -0.25) is 9.59 Å². The summed E-state index contributed by atoms with van der Waals surface area (Å²) in [5, 5.41) is 2.73. The molecule has 92 valence electrons. The van der Waals surface area contributed by atoms with Crippen molar-refractivity contribution in [3.63, 3.8) is 0 Å². The van der Waals surface area contributed by atoms with Gasteiger partial charge in [0.05, 0.1) is 12.5 Å². The Morgan fingerprint density at radius 2 is 2.38 bits per heavy atom. The van der Waals surface area contributed by atoms with Crippen LogP contribution >= 0.6 is 0 Å². The Labute approximate surface area is 96.1 Å². The van der Waals surface area contributed by atoms with E-state index in [0.717, 1.165) is 0 Å². The van der Waals surface area contributed by atoms with Gasteiger partial charge in [0.2, 0.25) is 11.8 Å². The number of carbonyl (C=O) groups excluding carboxylic acids is 2. The van der Waals surface area contributed by atoms with Crippen molar-refractivity contribution in [1.29, 1.82) is 0 Å². The maximum atomic E-state index is 12.1. The Kier molecular flexibility index (Phi) is 5.25. The Balaban J connectivity index is 2.44. The lowest BCUT2D eigenvalue weighted by molar-refractivity contribution is -0.137. The lowest BCUT2D eigenvalue weighted by Crippen LogP contribution is -2.45. The van der Waals surface area contributed by atoms with E-state index in [1.807, 2.05) is 6.92 Å². The van der Waals surface area contributed by atoms with E-state index in [2.05, 4.69) is 5.32 Å². The molecule has 0 saturated carbocycles. The number of ether oxygens (including phenoxy) is 1. The SMILES string of the molecule is CCN(CCOC)C(=O)C1CCC(=O)NC1. The smallest absolute Gasteiger partial charge is 0.227 e. The van der Waals surface area contributed by atoms with Gasteiger partial charge in [-0.15, -0.1) is 0 Å². The molecular weight excluding hydrogens is 208 g/mol. The van der Waals surface area contributed by atoms with E-state index in [4.69, 9.17) is 4.74 Å². The highest BCUT2D eigenvalue weighted by Gasteiger charge is 2.27. The first-order valence-electron chi connectivity index (χ1n) is 5.73. The van der Waals surface area contributed by atoms with E-state index in [9.17, 15) is 9.59 Å². The number of piperidine rings is 1. The first-order chi connectivity index (χ1) is 7.69. The summed E-state index contributed by atoms with van der Waals surface area (Å²) in [6.45, 7) is 4.29. The first kappa shape index (κ1) is 13.0. The van der Waals surface area contributed by atoms with Crippen molar-refractivity contribution in [3.8, 4) is 0 Å². The second kappa shape index (κ2) is 6.48. The molecule has 1 aliphatic rings. The second-order valence-electron chi connectivity index (χ2n) is 3.95. The normalized spacial score (nSPS) is 20.4. The molecule has 0 aliphatic carbocycles. The highest BCUT2D eigenvalue weighted by atomic mass is 16.5.